The van der Waals surface area contributed by atoms with Gasteiger partial charge in [0, 0.05) is 0 Å². The van der Waals surface area contributed by atoms with Gasteiger partial charge >= 0.3 is 11.9 Å². The minimum atomic E-state index is -1.18. The largest absolute Gasteiger partial charge is 0.424 e. The standard InChI is InChI=1S/C12H11FO4/c1-7(2)16-11(14)12(15)17-9-4-5-10(13)8(3)6-9/h4-6H,1H2,2-3H3. The van der Waals surface area contributed by atoms with Gasteiger partial charge in [0.1, 0.15) is 11.6 Å². The van der Waals surface area contributed by atoms with Crippen molar-refractivity contribution in [3.63, 3.8) is 0 Å². The average Bonchev–Trinajstić information content (AvgIpc) is 2.22. The summed E-state index contributed by atoms with van der Waals surface area (Å²) in [5.41, 5.74) is 0.309. The monoisotopic (exact) mass is 238 g/mol. The maximum Gasteiger partial charge on any atom is 0.423 e. The normalized spacial score (nSPS) is 9.59. The van der Waals surface area contributed by atoms with Gasteiger partial charge in [0.25, 0.3) is 0 Å². The van der Waals surface area contributed by atoms with Gasteiger partial charge in [-0.3, -0.25) is 0 Å². The third-order valence-corrected chi connectivity index (χ3v) is 1.77. The summed E-state index contributed by atoms with van der Waals surface area (Å²) in [6.45, 7) is 6.25. The molecule has 0 fully saturated rings. The van der Waals surface area contributed by atoms with Gasteiger partial charge in [0.2, 0.25) is 0 Å². The highest BCUT2D eigenvalue weighted by Gasteiger charge is 2.18. The third kappa shape index (κ3) is 3.71. The smallest absolute Gasteiger partial charge is 0.423 e. The van der Waals surface area contributed by atoms with Crippen molar-refractivity contribution in [2.24, 2.45) is 0 Å². The Kier molecular flexibility index (Phi) is 3.98. The summed E-state index contributed by atoms with van der Waals surface area (Å²) >= 11 is 0. The van der Waals surface area contributed by atoms with E-state index in [2.05, 4.69) is 11.3 Å². The van der Waals surface area contributed by atoms with Crippen molar-refractivity contribution in [1.29, 1.82) is 0 Å². The second-order valence-electron chi connectivity index (χ2n) is 3.39. The number of allylic oxidation sites excluding steroid dienone is 1. The van der Waals surface area contributed by atoms with Crippen LogP contribution in [-0.2, 0) is 14.3 Å². The molecule has 0 aliphatic carbocycles. The number of benzene rings is 1. The van der Waals surface area contributed by atoms with Gasteiger partial charge in [-0.25, -0.2) is 14.0 Å². The van der Waals surface area contributed by atoms with Crippen LogP contribution in [0.4, 0.5) is 4.39 Å². The van der Waals surface area contributed by atoms with Crippen LogP contribution >= 0.6 is 0 Å². The second-order valence-corrected chi connectivity index (χ2v) is 3.39. The summed E-state index contributed by atoms with van der Waals surface area (Å²) in [6, 6.07) is 3.69. The molecule has 0 spiro atoms. The van der Waals surface area contributed by atoms with Gasteiger partial charge in [-0.2, -0.15) is 0 Å². The van der Waals surface area contributed by atoms with Crippen LogP contribution in [0.15, 0.2) is 30.5 Å². The van der Waals surface area contributed by atoms with Crippen molar-refractivity contribution in [1.82, 2.24) is 0 Å². The van der Waals surface area contributed by atoms with Gasteiger partial charge in [0.15, 0.2) is 0 Å². The zero-order chi connectivity index (χ0) is 13.0. The molecule has 0 aliphatic rings. The van der Waals surface area contributed by atoms with Crippen molar-refractivity contribution >= 4 is 11.9 Å². The molecule has 1 rings (SSSR count). The highest BCUT2D eigenvalue weighted by Crippen LogP contribution is 2.16. The molecule has 0 atom stereocenters. The quantitative estimate of drug-likeness (QED) is 0.343. The summed E-state index contributed by atoms with van der Waals surface area (Å²) in [4.78, 5) is 22.3. The summed E-state index contributed by atoms with van der Waals surface area (Å²) in [5, 5.41) is 0. The third-order valence-electron chi connectivity index (χ3n) is 1.77. The molecule has 5 heteroatoms. The molecule has 17 heavy (non-hydrogen) atoms. The highest BCUT2D eigenvalue weighted by atomic mass is 19.1. The molecular formula is C12H11FO4. The Balaban J connectivity index is 2.71. The lowest BCUT2D eigenvalue weighted by Gasteiger charge is -2.05. The minimum Gasteiger partial charge on any atom is -0.424 e. The van der Waals surface area contributed by atoms with Gasteiger partial charge in [-0.05, 0) is 37.6 Å². The SMILES string of the molecule is C=C(C)OC(=O)C(=O)Oc1ccc(F)c(C)c1. The molecule has 1 aromatic rings. The van der Waals surface area contributed by atoms with Crippen molar-refractivity contribution in [2.45, 2.75) is 13.8 Å². The number of ether oxygens (including phenoxy) is 2. The van der Waals surface area contributed by atoms with E-state index in [9.17, 15) is 14.0 Å². The second kappa shape index (κ2) is 5.25. The summed E-state index contributed by atoms with van der Waals surface area (Å²) in [7, 11) is 0. The molecule has 0 radical (unpaired) electrons. The fourth-order valence-electron chi connectivity index (χ4n) is 1.03. The molecule has 0 saturated heterocycles. The maximum atomic E-state index is 12.9. The fourth-order valence-corrected chi connectivity index (χ4v) is 1.03. The van der Waals surface area contributed by atoms with E-state index in [0.717, 1.165) is 6.07 Å². The molecule has 0 unspecified atom stereocenters. The van der Waals surface area contributed by atoms with Crippen LogP contribution in [0.1, 0.15) is 12.5 Å². The Morgan fingerprint density at radius 2 is 1.94 bits per heavy atom. The van der Waals surface area contributed by atoms with Crippen LogP contribution in [0.25, 0.3) is 0 Å². The van der Waals surface area contributed by atoms with Crippen LogP contribution in [0, 0.1) is 12.7 Å². The van der Waals surface area contributed by atoms with Crippen LogP contribution < -0.4 is 4.74 Å². The molecule has 0 aromatic heterocycles. The first-order chi connectivity index (χ1) is 7.90. The fraction of sp³-hybridized carbons (Fsp3) is 0.167. The predicted molar refractivity (Wildman–Crippen MR) is 57.7 cm³/mol. The van der Waals surface area contributed by atoms with E-state index in [1.165, 1.54) is 26.0 Å². The van der Waals surface area contributed by atoms with Crippen molar-refractivity contribution in [3.8, 4) is 5.75 Å². The summed E-state index contributed by atoms with van der Waals surface area (Å²) in [5.74, 6) is -2.61. The van der Waals surface area contributed by atoms with Crippen molar-refractivity contribution in [2.75, 3.05) is 0 Å². The lowest BCUT2D eigenvalue weighted by Crippen LogP contribution is -2.22. The number of esters is 2. The zero-order valence-corrected chi connectivity index (χ0v) is 9.45. The van der Waals surface area contributed by atoms with E-state index < -0.39 is 17.8 Å². The van der Waals surface area contributed by atoms with E-state index in [4.69, 9.17) is 4.74 Å². The lowest BCUT2D eigenvalue weighted by molar-refractivity contribution is -0.159. The molecule has 0 aliphatic heterocycles. The number of carbonyl (C=O) groups is 2. The Hall–Kier alpha value is -2.17. The molecule has 90 valence electrons. The number of aryl methyl sites for hydroxylation is 1. The molecule has 4 nitrogen and oxygen atoms in total. The van der Waals surface area contributed by atoms with Crippen LogP contribution in [0.5, 0.6) is 5.75 Å². The topological polar surface area (TPSA) is 52.6 Å². The molecule has 0 N–H and O–H groups in total. The Bertz CT molecular complexity index is 479. The summed E-state index contributed by atoms with van der Waals surface area (Å²) < 4.78 is 22.1. The first-order valence-corrected chi connectivity index (χ1v) is 4.76. The number of hydrogen-bond acceptors (Lipinski definition) is 4. The molecule has 0 bridgehead atoms. The first-order valence-electron chi connectivity index (χ1n) is 4.76. The Morgan fingerprint density at radius 3 is 2.47 bits per heavy atom. The van der Waals surface area contributed by atoms with Gasteiger partial charge in [0.05, 0.1) is 5.76 Å². The molecule has 0 saturated carbocycles. The molecule has 0 amide bonds. The Labute approximate surface area is 97.6 Å². The van der Waals surface area contributed by atoms with E-state index >= 15 is 0 Å². The number of halogens is 1. The molecule has 0 heterocycles. The van der Waals surface area contributed by atoms with Crippen LogP contribution in [0.3, 0.4) is 0 Å². The predicted octanol–water partition coefficient (Wildman–Crippen LogP) is 2.12. The Morgan fingerprint density at radius 1 is 1.29 bits per heavy atom. The van der Waals surface area contributed by atoms with Gasteiger partial charge in [-0.1, -0.05) is 6.58 Å². The van der Waals surface area contributed by atoms with E-state index in [-0.39, 0.29) is 11.5 Å². The summed E-state index contributed by atoms with van der Waals surface area (Å²) in [6.07, 6.45) is 0. The van der Waals surface area contributed by atoms with Crippen LogP contribution in [-0.4, -0.2) is 11.9 Å². The minimum absolute atomic E-state index is 0.0764. The highest BCUT2D eigenvalue weighted by molar-refractivity contribution is 6.30. The average molecular weight is 238 g/mol. The molecular weight excluding hydrogens is 227 g/mol. The number of rotatable bonds is 2. The first kappa shape index (κ1) is 12.9. The lowest BCUT2D eigenvalue weighted by atomic mass is 10.2. The van der Waals surface area contributed by atoms with E-state index in [1.807, 2.05) is 0 Å². The molecule has 1 aromatic carbocycles. The van der Waals surface area contributed by atoms with Gasteiger partial charge in [-0.15, -0.1) is 0 Å². The van der Waals surface area contributed by atoms with E-state index in [1.54, 1.807) is 0 Å². The number of carbonyl (C=O) groups excluding carboxylic acids is 2. The van der Waals surface area contributed by atoms with E-state index in [0.29, 0.717) is 5.56 Å². The van der Waals surface area contributed by atoms with Crippen molar-refractivity contribution < 1.29 is 23.5 Å². The number of hydrogen-bond donors (Lipinski definition) is 0. The maximum absolute atomic E-state index is 12.9. The van der Waals surface area contributed by atoms with Gasteiger partial charge < -0.3 is 9.47 Å². The van der Waals surface area contributed by atoms with Crippen LogP contribution in [0.2, 0.25) is 0 Å². The zero-order valence-electron chi connectivity index (χ0n) is 9.45. The van der Waals surface area contributed by atoms with Crippen molar-refractivity contribution in [3.05, 3.63) is 41.9 Å².